The van der Waals surface area contributed by atoms with Crippen molar-refractivity contribution in [3.63, 3.8) is 0 Å². The van der Waals surface area contributed by atoms with E-state index in [-0.39, 0.29) is 47.1 Å². The molecule has 1 aromatic heterocycles. The molecular weight excluding hydrogens is 456 g/mol. The number of esters is 1. The Morgan fingerprint density at radius 3 is 2.17 bits per heavy atom. The van der Waals surface area contributed by atoms with E-state index >= 15 is 0 Å². The maximum atomic E-state index is 13.1. The van der Waals surface area contributed by atoms with Gasteiger partial charge in [0.1, 0.15) is 5.78 Å². The zero-order chi connectivity index (χ0) is 26.0. The maximum Gasteiger partial charge on any atom is 0.340 e. The summed E-state index contributed by atoms with van der Waals surface area (Å²) < 4.78 is 21.0. The van der Waals surface area contributed by atoms with Crippen LogP contribution in [0.25, 0.3) is 0 Å². The minimum atomic E-state index is -0.849. The van der Waals surface area contributed by atoms with Gasteiger partial charge in [-0.15, -0.1) is 0 Å². The number of ether oxygens (including phenoxy) is 3. The molecule has 10 nitrogen and oxygen atoms in total. The number of Topliss-reactive ketones (excluding diaryl/α,β-unsaturated/α-hetero) is 1. The van der Waals surface area contributed by atoms with Crippen LogP contribution >= 0.6 is 0 Å². The molecule has 0 aliphatic carbocycles. The minimum absolute atomic E-state index is 0.0392. The Morgan fingerprint density at radius 2 is 1.63 bits per heavy atom. The number of likely N-dealkylation sites (tertiary alicyclic amines) is 1. The van der Waals surface area contributed by atoms with E-state index in [1.165, 1.54) is 38.7 Å². The third kappa shape index (κ3) is 5.47. The van der Waals surface area contributed by atoms with E-state index in [0.29, 0.717) is 0 Å². The quantitative estimate of drug-likeness (QED) is 0.590. The monoisotopic (exact) mass is 486 g/mol. The fraction of sp³-hybridized carbons (Fsp3) is 0.440. The molecule has 1 fully saturated rings. The Kier molecular flexibility index (Phi) is 7.23. The number of furan rings is 1. The second kappa shape index (κ2) is 9.81. The lowest BCUT2D eigenvalue weighted by atomic mass is 9.79. The average molecular weight is 487 g/mol. The number of hydrogen-bond acceptors (Lipinski definition) is 8. The molecule has 2 heterocycles. The topological polar surface area (TPSA) is 124 Å². The van der Waals surface area contributed by atoms with Crippen LogP contribution in [0, 0.1) is 0 Å². The molecule has 0 bridgehead atoms. The van der Waals surface area contributed by atoms with E-state index in [2.05, 4.69) is 5.32 Å². The summed E-state index contributed by atoms with van der Waals surface area (Å²) in [6, 6.07) is 5.80. The molecule has 0 atom stereocenters. The van der Waals surface area contributed by atoms with Crippen molar-refractivity contribution in [2.75, 3.05) is 26.1 Å². The van der Waals surface area contributed by atoms with Crippen molar-refractivity contribution in [3.8, 4) is 11.5 Å². The Bertz CT molecular complexity index is 1110. The van der Waals surface area contributed by atoms with Crippen molar-refractivity contribution in [1.29, 1.82) is 0 Å². The second-order valence-corrected chi connectivity index (χ2v) is 9.51. The molecule has 0 unspecified atom stereocenters. The van der Waals surface area contributed by atoms with Crippen LogP contribution in [-0.2, 0) is 14.3 Å². The zero-order valence-electron chi connectivity index (χ0n) is 20.7. The van der Waals surface area contributed by atoms with Crippen LogP contribution < -0.4 is 14.8 Å². The van der Waals surface area contributed by atoms with Crippen molar-refractivity contribution < 1.29 is 37.8 Å². The minimum Gasteiger partial charge on any atom is -0.493 e. The van der Waals surface area contributed by atoms with Crippen molar-refractivity contribution >= 4 is 29.3 Å². The van der Waals surface area contributed by atoms with Crippen LogP contribution in [0.2, 0.25) is 0 Å². The van der Waals surface area contributed by atoms with Crippen LogP contribution in [0.15, 0.2) is 34.9 Å². The molecule has 1 saturated heterocycles. The molecule has 2 amide bonds. The summed E-state index contributed by atoms with van der Waals surface area (Å²) in [5, 5.41) is 2.60. The number of carbonyl (C=O) groups is 4. The first-order chi connectivity index (χ1) is 16.4. The highest BCUT2D eigenvalue weighted by Gasteiger charge is 2.47. The van der Waals surface area contributed by atoms with Crippen molar-refractivity contribution in [1.82, 2.24) is 4.90 Å². The van der Waals surface area contributed by atoms with Crippen LogP contribution in [0.4, 0.5) is 5.69 Å². The van der Waals surface area contributed by atoms with Gasteiger partial charge < -0.3 is 28.8 Å². The van der Waals surface area contributed by atoms with Gasteiger partial charge in [0, 0.05) is 36.1 Å². The summed E-state index contributed by atoms with van der Waals surface area (Å²) in [6.07, 6.45) is 1.78. The van der Waals surface area contributed by atoms with Gasteiger partial charge in [-0.1, -0.05) is 0 Å². The molecule has 1 aliphatic heterocycles. The molecule has 10 heteroatoms. The number of hydrogen-bond donors (Lipinski definition) is 1. The van der Waals surface area contributed by atoms with Gasteiger partial charge in [-0.2, -0.15) is 0 Å². The number of nitrogens with zero attached hydrogens (tertiary/aromatic N) is 1. The average Bonchev–Trinajstić information content (AvgIpc) is 3.30. The molecule has 0 radical (unpaired) electrons. The summed E-state index contributed by atoms with van der Waals surface area (Å²) in [7, 11) is 2.82. The van der Waals surface area contributed by atoms with Crippen LogP contribution in [-0.4, -0.2) is 60.4 Å². The number of rotatable bonds is 7. The van der Waals surface area contributed by atoms with Crippen molar-refractivity contribution in [3.05, 3.63) is 41.9 Å². The maximum absolute atomic E-state index is 13.1. The molecule has 0 spiro atoms. The van der Waals surface area contributed by atoms with E-state index < -0.39 is 35.5 Å². The first-order valence-corrected chi connectivity index (χ1v) is 11.0. The molecule has 1 aliphatic rings. The van der Waals surface area contributed by atoms with E-state index in [0.717, 1.165) is 0 Å². The number of methoxy groups -OCH3 is 2. The third-order valence-electron chi connectivity index (χ3n) is 5.78. The van der Waals surface area contributed by atoms with Gasteiger partial charge in [-0.3, -0.25) is 14.4 Å². The molecule has 0 saturated carbocycles. The Balaban J connectivity index is 1.84. The number of benzene rings is 1. The first-order valence-electron chi connectivity index (χ1n) is 11.0. The lowest BCUT2D eigenvalue weighted by Crippen LogP contribution is -2.63. The number of piperidine rings is 1. The number of ketones is 1. The second-order valence-electron chi connectivity index (χ2n) is 9.51. The van der Waals surface area contributed by atoms with Gasteiger partial charge in [0.15, 0.2) is 23.9 Å². The van der Waals surface area contributed by atoms with Gasteiger partial charge in [0.05, 0.1) is 31.7 Å². The van der Waals surface area contributed by atoms with E-state index in [1.54, 1.807) is 11.0 Å². The van der Waals surface area contributed by atoms with Gasteiger partial charge in [-0.25, -0.2) is 4.79 Å². The molecule has 188 valence electrons. The summed E-state index contributed by atoms with van der Waals surface area (Å²) in [6.45, 7) is 6.69. The highest BCUT2D eigenvalue weighted by Crippen LogP contribution is 2.37. The largest absolute Gasteiger partial charge is 0.493 e. The fourth-order valence-corrected chi connectivity index (χ4v) is 4.69. The lowest BCUT2D eigenvalue weighted by molar-refractivity contribution is -0.156. The van der Waals surface area contributed by atoms with Crippen molar-refractivity contribution in [2.24, 2.45) is 0 Å². The van der Waals surface area contributed by atoms with Gasteiger partial charge in [0.2, 0.25) is 0 Å². The number of anilines is 1. The third-order valence-corrected chi connectivity index (χ3v) is 5.78. The Morgan fingerprint density at radius 1 is 1.03 bits per heavy atom. The van der Waals surface area contributed by atoms with Crippen molar-refractivity contribution in [2.45, 2.75) is 51.6 Å². The number of carbonyl (C=O) groups excluding carboxylic acids is 4. The molecule has 1 N–H and O–H groups in total. The standard InChI is InChI=1S/C25H30N2O8/c1-24(2)12-15(28)13-25(3,4)27(24)21(29)14-35-23(31)16-10-19(32-5)20(33-6)11-17(16)26-22(30)18-8-7-9-34-18/h7-11H,12-14H2,1-6H3,(H,26,30). The molecule has 35 heavy (non-hydrogen) atoms. The van der Waals surface area contributed by atoms with Crippen LogP contribution in [0.5, 0.6) is 11.5 Å². The molecule has 3 rings (SSSR count). The van der Waals surface area contributed by atoms with Gasteiger partial charge >= 0.3 is 5.97 Å². The van der Waals surface area contributed by atoms with E-state index in [1.807, 2.05) is 27.7 Å². The molecule has 2 aromatic rings. The SMILES string of the molecule is COc1cc(NC(=O)c2ccco2)c(C(=O)OCC(=O)N2C(C)(C)CC(=O)CC2(C)C)cc1OC. The van der Waals surface area contributed by atoms with Gasteiger partial charge in [0.25, 0.3) is 11.8 Å². The highest BCUT2D eigenvalue weighted by molar-refractivity contribution is 6.07. The predicted molar refractivity (Wildman–Crippen MR) is 126 cm³/mol. The van der Waals surface area contributed by atoms with Crippen LogP contribution in [0.1, 0.15) is 61.4 Å². The normalized spacial score (nSPS) is 16.4. The van der Waals surface area contributed by atoms with E-state index in [9.17, 15) is 19.2 Å². The number of amides is 2. The summed E-state index contributed by atoms with van der Waals surface area (Å²) >= 11 is 0. The predicted octanol–water partition coefficient (Wildman–Crippen LogP) is 3.45. The Hall–Kier alpha value is -3.82. The molecular formula is C25H30N2O8. The summed E-state index contributed by atoms with van der Waals surface area (Å²) in [4.78, 5) is 52.4. The lowest BCUT2D eigenvalue weighted by Gasteiger charge is -2.51. The number of nitrogens with one attached hydrogen (secondary N) is 1. The van der Waals surface area contributed by atoms with Crippen LogP contribution in [0.3, 0.4) is 0 Å². The summed E-state index contributed by atoms with van der Waals surface area (Å²) in [5.41, 5.74) is -1.41. The highest BCUT2D eigenvalue weighted by atomic mass is 16.5. The smallest absolute Gasteiger partial charge is 0.340 e. The van der Waals surface area contributed by atoms with E-state index in [4.69, 9.17) is 18.6 Å². The zero-order valence-corrected chi connectivity index (χ0v) is 20.7. The van der Waals surface area contributed by atoms with Gasteiger partial charge in [-0.05, 0) is 39.8 Å². The fourth-order valence-electron chi connectivity index (χ4n) is 4.69. The summed E-state index contributed by atoms with van der Waals surface area (Å²) in [5.74, 6) is -1.24. The molecule has 1 aromatic carbocycles. The Labute approximate surface area is 203 Å². The first kappa shape index (κ1) is 25.8.